The maximum atomic E-state index is 12.7. The molecular weight excluding hydrogens is 369 g/mol. The fourth-order valence-corrected chi connectivity index (χ4v) is 2.98. The van der Waals surface area contributed by atoms with Crippen LogP contribution in [0.4, 0.5) is 30.8 Å². The molecule has 2 aromatic heterocycles. The molecule has 3 rings (SSSR count). The Balaban J connectivity index is 1.70. The first-order chi connectivity index (χ1) is 12.3. The Morgan fingerprint density at radius 3 is 2.31 bits per heavy atom. The van der Waals surface area contributed by atoms with Gasteiger partial charge in [0.15, 0.2) is 0 Å². The number of rotatable bonds is 3. The molecule has 0 N–H and O–H groups in total. The standard InChI is InChI=1S/C16H18ClF3N6/c1-24(2)15-21-4-3-13(23-15)25-5-7-26(8-6-25)14-12(17)9-11(10-22-14)16(18,19)20/h3-4,9-10H,5-8H2,1-2H3. The van der Waals surface area contributed by atoms with E-state index in [2.05, 4.69) is 19.9 Å². The summed E-state index contributed by atoms with van der Waals surface area (Å²) in [7, 11) is 3.74. The minimum atomic E-state index is -4.45. The van der Waals surface area contributed by atoms with Crippen molar-refractivity contribution in [2.75, 3.05) is 55.0 Å². The third-order valence-corrected chi connectivity index (χ3v) is 4.36. The van der Waals surface area contributed by atoms with Gasteiger partial charge in [0.25, 0.3) is 0 Å². The topological polar surface area (TPSA) is 48.4 Å². The van der Waals surface area contributed by atoms with Gasteiger partial charge >= 0.3 is 6.18 Å². The zero-order chi connectivity index (χ0) is 18.9. The van der Waals surface area contributed by atoms with Crippen molar-refractivity contribution in [3.8, 4) is 0 Å². The lowest BCUT2D eigenvalue weighted by atomic mass is 10.2. The molecule has 1 saturated heterocycles. The highest BCUT2D eigenvalue weighted by atomic mass is 35.5. The van der Waals surface area contributed by atoms with Gasteiger partial charge in [-0.25, -0.2) is 9.97 Å². The Morgan fingerprint density at radius 2 is 1.73 bits per heavy atom. The number of anilines is 3. The van der Waals surface area contributed by atoms with E-state index in [0.29, 0.717) is 37.9 Å². The second-order valence-corrected chi connectivity index (χ2v) is 6.52. The number of nitrogens with zero attached hydrogens (tertiary/aromatic N) is 6. The number of halogens is 4. The number of piperazine rings is 1. The van der Waals surface area contributed by atoms with E-state index in [1.54, 1.807) is 6.20 Å². The van der Waals surface area contributed by atoms with Crippen molar-refractivity contribution >= 4 is 29.2 Å². The van der Waals surface area contributed by atoms with Crippen molar-refractivity contribution in [3.63, 3.8) is 0 Å². The Kier molecular flexibility index (Phi) is 5.08. The molecule has 0 unspecified atom stereocenters. The molecule has 10 heteroatoms. The number of aromatic nitrogens is 3. The van der Waals surface area contributed by atoms with Gasteiger partial charge in [-0.1, -0.05) is 11.6 Å². The molecule has 1 aliphatic heterocycles. The van der Waals surface area contributed by atoms with Crippen LogP contribution in [-0.4, -0.2) is 55.2 Å². The maximum Gasteiger partial charge on any atom is 0.417 e. The molecule has 140 valence electrons. The first-order valence-corrected chi connectivity index (χ1v) is 8.36. The van der Waals surface area contributed by atoms with Crippen molar-refractivity contribution in [2.24, 2.45) is 0 Å². The van der Waals surface area contributed by atoms with E-state index >= 15 is 0 Å². The van der Waals surface area contributed by atoms with Gasteiger partial charge in [0, 0.05) is 52.7 Å². The van der Waals surface area contributed by atoms with E-state index in [1.165, 1.54) is 0 Å². The van der Waals surface area contributed by atoms with Gasteiger partial charge in [0.05, 0.1) is 10.6 Å². The van der Waals surface area contributed by atoms with Crippen molar-refractivity contribution in [2.45, 2.75) is 6.18 Å². The van der Waals surface area contributed by atoms with Crippen LogP contribution in [0.2, 0.25) is 5.02 Å². The van der Waals surface area contributed by atoms with Gasteiger partial charge in [-0.2, -0.15) is 18.2 Å². The Labute approximate surface area is 154 Å². The van der Waals surface area contributed by atoms with Crippen LogP contribution in [0.25, 0.3) is 0 Å². The highest BCUT2D eigenvalue weighted by molar-refractivity contribution is 6.33. The zero-order valence-corrected chi connectivity index (χ0v) is 15.1. The highest BCUT2D eigenvalue weighted by Gasteiger charge is 2.32. The predicted octanol–water partition coefficient (Wildman–Crippen LogP) is 2.94. The monoisotopic (exact) mass is 386 g/mol. The first-order valence-electron chi connectivity index (χ1n) is 7.98. The average Bonchev–Trinajstić information content (AvgIpc) is 2.61. The third kappa shape index (κ3) is 3.92. The summed E-state index contributed by atoms with van der Waals surface area (Å²) in [4.78, 5) is 18.4. The summed E-state index contributed by atoms with van der Waals surface area (Å²) in [5, 5.41) is 0.00482. The molecule has 0 radical (unpaired) electrons. The molecule has 0 amide bonds. The lowest BCUT2D eigenvalue weighted by molar-refractivity contribution is -0.137. The maximum absolute atomic E-state index is 12.7. The van der Waals surface area contributed by atoms with Gasteiger partial charge in [-0.05, 0) is 12.1 Å². The molecule has 3 heterocycles. The van der Waals surface area contributed by atoms with Gasteiger partial charge in [-0.3, -0.25) is 0 Å². The first kappa shape index (κ1) is 18.5. The SMILES string of the molecule is CN(C)c1nccc(N2CCN(c3ncc(C(F)(F)F)cc3Cl)CC2)n1. The summed E-state index contributed by atoms with van der Waals surface area (Å²) in [6.45, 7) is 2.48. The van der Waals surface area contributed by atoms with E-state index in [1.807, 2.05) is 30.0 Å². The van der Waals surface area contributed by atoms with Gasteiger partial charge in [0.1, 0.15) is 11.6 Å². The molecule has 0 saturated carbocycles. The summed E-state index contributed by atoms with van der Waals surface area (Å²) >= 11 is 6.03. The van der Waals surface area contributed by atoms with Crippen molar-refractivity contribution < 1.29 is 13.2 Å². The quantitative estimate of drug-likeness (QED) is 0.808. The van der Waals surface area contributed by atoms with E-state index in [-0.39, 0.29) is 5.02 Å². The number of hydrogen-bond donors (Lipinski definition) is 0. The van der Waals surface area contributed by atoms with Crippen molar-refractivity contribution in [1.29, 1.82) is 0 Å². The van der Waals surface area contributed by atoms with Crippen LogP contribution in [0, 0.1) is 0 Å². The lowest BCUT2D eigenvalue weighted by Crippen LogP contribution is -2.47. The van der Waals surface area contributed by atoms with E-state index in [0.717, 1.165) is 18.1 Å². The molecule has 1 aliphatic rings. The fourth-order valence-electron chi connectivity index (χ4n) is 2.70. The van der Waals surface area contributed by atoms with Gasteiger partial charge < -0.3 is 14.7 Å². The summed E-state index contributed by atoms with van der Waals surface area (Å²) in [6.07, 6.45) is -1.93. The van der Waals surface area contributed by atoms with Crippen LogP contribution in [-0.2, 0) is 6.18 Å². The van der Waals surface area contributed by atoms with Gasteiger partial charge in [-0.15, -0.1) is 0 Å². The third-order valence-electron chi connectivity index (χ3n) is 4.08. The lowest BCUT2D eigenvalue weighted by Gasteiger charge is -2.36. The second-order valence-electron chi connectivity index (χ2n) is 6.11. The normalized spacial score (nSPS) is 15.3. The smallest absolute Gasteiger partial charge is 0.353 e. The largest absolute Gasteiger partial charge is 0.417 e. The minimum Gasteiger partial charge on any atom is -0.353 e. The van der Waals surface area contributed by atoms with E-state index in [4.69, 9.17) is 11.6 Å². The van der Waals surface area contributed by atoms with Crippen LogP contribution in [0.1, 0.15) is 5.56 Å². The molecule has 2 aromatic rings. The Bertz CT molecular complexity index is 775. The number of alkyl halides is 3. The molecular formula is C16H18ClF3N6. The summed E-state index contributed by atoms with van der Waals surface area (Å²) in [5.74, 6) is 1.81. The molecule has 0 bridgehead atoms. The minimum absolute atomic E-state index is 0.00482. The molecule has 0 aromatic carbocycles. The van der Waals surface area contributed by atoms with Crippen molar-refractivity contribution in [3.05, 3.63) is 35.1 Å². The van der Waals surface area contributed by atoms with E-state index in [9.17, 15) is 13.2 Å². The molecule has 0 spiro atoms. The molecule has 26 heavy (non-hydrogen) atoms. The number of hydrogen-bond acceptors (Lipinski definition) is 6. The molecule has 1 fully saturated rings. The van der Waals surface area contributed by atoms with E-state index < -0.39 is 11.7 Å². The molecule has 6 nitrogen and oxygen atoms in total. The second kappa shape index (κ2) is 7.14. The van der Waals surface area contributed by atoms with Crippen LogP contribution in [0.15, 0.2) is 24.5 Å². The number of pyridine rings is 1. The fraction of sp³-hybridized carbons (Fsp3) is 0.438. The molecule has 0 atom stereocenters. The predicted molar refractivity (Wildman–Crippen MR) is 95.0 cm³/mol. The Hall–Kier alpha value is -2.29. The Morgan fingerprint density at radius 1 is 1.08 bits per heavy atom. The van der Waals surface area contributed by atoms with Crippen molar-refractivity contribution in [1.82, 2.24) is 15.0 Å². The van der Waals surface area contributed by atoms with Crippen LogP contribution in [0.3, 0.4) is 0 Å². The summed E-state index contributed by atoms with van der Waals surface area (Å²) in [5.41, 5.74) is -0.845. The zero-order valence-electron chi connectivity index (χ0n) is 14.3. The highest BCUT2D eigenvalue weighted by Crippen LogP contribution is 2.33. The van der Waals surface area contributed by atoms with Crippen LogP contribution in [0.5, 0.6) is 0 Å². The average molecular weight is 387 g/mol. The molecule has 0 aliphatic carbocycles. The summed E-state index contributed by atoms with van der Waals surface area (Å²) < 4.78 is 38.2. The van der Waals surface area contributed by atoms with Gasteiger partial charge in [0.2, 0.25) is 5.95 Å². The van der Waals surface area contributed by atoms with Crippen LogP contribution >= 0.6 is 11.6 Å². The summed E-state index contributed by atoms with van der Waals surface area (Å²) in [6, 6.07) is 2.76. The van der Waals surface area contributed by atoms with Crippen LogP contribution < -0.4 is 14.7 Å².